The third kappa shape index (κ3) is 3.51. The van der Waals surface area contributed by atoms with Crippen LogP contribution in [0.15, 0.2) is 0 Å². The average molecular weight is 178 g/mol. The van der Waals surface area contributed by atoms with Crippen molar-refractivity contribution in [3.8, 4) is 0 Å². The number of rotatable bonds is 4. The predicted octanol–water partition coefficient (Wildman–Crippen LogP) is 2.05. The van der Waals surface area contributed by atoms with E-state index in [1.807, 2.05) is 0 Å². The molecule has 8 heavy (non-hydrogen) atoms. The van der Waals surface area contributed by atoms with Crippen molar-refractivity contribution in [1.29, 1.82) is 0 Å². The van der Waals surface area contributed by atoms with Crippen molar-refractivity contribution in [3.05, 3.63) is 0 Å². The molecule has 0 heterocycles. The zero-order chi connectivity index (χ0) is 6.41. The fraction of sp³-hybridized carbons (Fsp3) is 1.00. The van der Waals surface area contributed by atoms with Crippen LogP contribution >= 0.6 is 0 Å². The molecule has 0 aromatic heterocycles. The van der Waals surface area contributed by atoms with Gasteiger partial charge in [0.25, 0.3) is 0 Å². The van der Waals surface area contributed by atoms with Crippen molar-refractivity contribution < 1.29 is 3.73 Å². The van der Waals surface area contributed by atoms with Gasteiger partial charge in [-0.05, 0) is 0 Å². The molecule has 0 saturated carbocycles. The molecule has 0 aliphatic heterocycles. The molecule has 0 aromatic rings. The molecule has 0 N–H and O–H groups in total. The Morgan fingerprint density at radius 1 is 1.12 bits per heavy atom. The third-order valence-corrected chi connectivity index (χ3v) is 5.28. The van der Waals surface area contributed by atoms with E-state index in [-0.39, 0.29) is 0 Å². The average Bonchev–Trinajstić information content (AvgIpc) is 1.83. The summed E-state index contributed by atoms with van der Waals surface area (Å²) < 4.78 is 5.49. The second kappa shape index (κ2) is 5.65. The molecule has 0 fully saturated rings. The SMILES string of the molecule is CCO[As](CC)CC. The Morgan fingerprint density at radius 2 is 1.62 bits per heavy atom. The van der Waals surface area contributed by atoms with Crippen LogP contribution in [-0.4, -0.2) is 21.6 Å². The Kier molecular flexibility index (Phi) is 6.02. The van der Waals surface area contributed by atoms with Crippen LogP contribution in [0, 0.1) is 0 Å². The van der Waals surface area contributed by atoms with E-state index in [1.54, 1.807) is 0 Å². The van der Waals surface area contributed by atoms with Gasteiger partial charge in [0.15, 0.2) is 0 Å². The molecule has 0 spiro atoms. The van der Waals surface area contributed by atoms with E-state index in [2.05, 4.69) is 20.8 Å². The summed E-state index contributed by atoms with van der Waals surface area (Å²) in [5, 5.41) is 2.58. The van der Waals surface area contributed by atoms with Crippen LogP contribution in [-0.2, 0) is 3.73 Å². The van der Waals surface area contributed by atoms with Crippen LogP contribution in [0.5, 0.6) is 0 Å². The molecule has 0 atom stereocenters. The molecule has 2 heteroatoms. The van der Waals surface area contributed by atoms with Gasteiger partial charge in [-0.15, -0.1) is 0 Å². The van der Waals surface area contributed by atoms with E-state index in [4.69, 9.17) is 3.73 Å². The Morgan fingerprint density at radius 3 is 1.75 bits per heavy atom. The predicted molar refractivity (Wildman–Crippen MR) is 38.3 cm³/mol. The van der Waals surface area contributed by atoms with Crippen molar-refractivity contribution in [1.82, 2.24) is 0 Å². The van der Waals surface area contributed by atoms with Crippen molar-refractivity contribution >= 4 is 15.0 Å². The van der Waals surface area contributed by atoms with Crippen molar-refractivity contribution in [3.63, 3.8) is 0 Å². The Hall–Kier alpha value is 0.518. The maximum atomic E-state index is 5.49. The van der Waals surface area contributed by atoms with Crippen LogP contribution in [0.2, 0.25) is 10.4 Å². The fourth-order valence-electron chi connectivity index (χ4n) is 0.589. The number of hydrogen-bond donors (Lipinski definition) is 0. The maximum absolute atomic E-state index is 5.49. The Labute approximate surface area is 57.0 Å². The molecule has 1 nitrogen and oxygen atoms in total. The van der Waals surface area contributed by atoms with Gasteiger partial charge >= 0.3 is 56.5 Å². The van der Waals surface area contributed by atoms with Gasteiger partial charge in [-0.25, -0.2) is 0 Å². The minimum absolute atomic E-state index is 0.752. The zero-order valence-electron chi connectivity index (χ0n) is 5.98. The van der Waals surface area contributed by atoms with Crippen LogP contribution in [0.3, 0.4) is 0 Å². The summed E-state index contributed by atoms with van der Waals surface area (Å²) in [6, 6.07) is 0. The van der Waals surface area contributed by atoms with Gasteiger partial charge in [0.2, 0.25) is 0 Å². The van der Waals surface area contributed by atoms with E-state index in [0.717, 1.165) is 6.61 Å². The summed E-state index contributed by atoms with van der Waals surface area (Å²) in [5.74, 6) is 0. The first-order chi connectivity index (χ1) is 3.85. The monoisotopic (exact) mass is 178 g/mol. The van der Waals surface area contributed by atoms with E-state index in [1.165, 1.54) is 10.4 Å². The van der Waals surface area contributed by atoms with Crippen LogP contribution < -0.4 is 0 Å². The molecule has 0 aliphatic carbocycles. The molecule has 0 bridgehead atoms. The summed E-state index contributed by atoms with van der Waals surface area (Å²) >= 11 is -0.752. The van der Waals surface area contributed by atoms with Gasteiger partial charge in [0.05, 0.1) is 0 Å². The Bertz CT molecular complexity index is 43.8. The standard InChI is InChI=1S/C6H15AsO/c1-4-7(5-2)8-6-3/h4-6H2,1-3H3. The molecular formula is C6H15AsO. The molecular weight excluding hydrogens is 163 g/mol. The van der Waals surface area contributed by atoms with Gasteiger partial charge in [-0.1, -0.05) is 0 Å². The van der Waals surface area contributed by atoms with Gasteiger partial charge < -0.3 is 0 Å². The summed E-state index contributed by atoms with van der Waals surface area (Å²) in [6.45, 7) is 7.44. The van der Waals surface area contributed by atoms with Gasteiger partial charge in [0.1, 0.15) is 0 Å². The van der Waals surface area contributed by atoms with Crippen molar-refractivity contribution in [2.75, 3.05) is 6.61 Å². The normalized spacial score (nSPS) is 10.5. The van der Waals surface area contributed by atoms with Gasteiger partial charge in [-0.3, -0.25) is 0 Å². The van der Waals surface area contributed by atoms with Crippen molar-refractivity contribution in [2.24, 2.45) is 0 Å². The third-order valence-electron chi connectivity index (χ3n) is 1.02. The van der Waals surface area contributed by atoms with Crippen LogP contribution in [0.4, 0.5) is 0 Å². The van der Waals surface area contributed by atoms with Gasteiger partial charge in [0, 0.05) is 0 Å². The quantitative estimate of drug-likeness (QED) is 0.598. The molecule has 0 aromatic carbocycles. The van der Waals surface area contributed by atoms with Crippen LogP contribution in [0.25, 0.3) is 0 Å². The van der Waals surface area contributed by atoms with E-state index >= 15 is 0 Å². The molecule has 0 rings (SSSR count). The first-order valence-electron chi connectivity index (χ1n) is 3.23. The van der Waals surface area contributed by atoms with Gasteiger partial charge in [-0.2, -0.15) is 0 Å². The molecule has 0 saturated heterocycles. The molecule has 50 valence electrons. The summed E-state index contributed by atoms with van der Waals surface area (Å²) in [6.07, 6.45) is 0. The molecule has 0 unspecified atom stereocenters. The van der Waals surface area contributed by atoms with Crippen molar-refractivity contribution in [2.45, 2.75) is 31.2 Å². The zero-order valence-corrected chi connectivity index (χ0v) is 7.85. The second-order valence-corrected chi connectivity index (χ2v) is 6.75. The first-order valence-corrected chi connectivity index (χ1v) is 6.65. The van der Waals surface area contributed by atoms with E-state index in [0.29, 0.717) is 0 Å². The topological polar surface area (TPSA) is 9.23 Å². The van der Waals surface area contributed by atoms with Crippen LogP contribution in [0.1, 0.15) is 20.8 Å². The van der Waals surface area contributed by atoms with E-state index in [9.17, 15) is 0 Å². The first kappa shape index (κ1) is 8.52. The fourth-order valence-corrected chi connectivity index (χ4v) is 3.06. The molecule has 0 amide bonds. The minimum atomic E-state index is -0.752. The Balaban J connectivity index is 3.07. The summed E-state index contributed by atoms with van der Waals surface area (Å²) in [7, 11) is 0. The summed E-state index contributed by atoms with van der Waals surface area (Å²) in [4.78, 5) is 0. The molecule has 0 aliphatic rings. The van der Waals surface area contributed by atoms with E-state index < -0.39 is 15.0 Å². The summed E-state index contributed by atoms with van der Waals surface area (Å²) in [5.41, 5.74) is 0. The number of hydrogen-bond acceptors (Lipinski definition) is 1. The second-order valence-electron chi connectivity index (χ2n) is 1.53. The molecule has 0 radical (unpaired) electrons.